The molecule has 0 saturated carbocycles. The molecule has 0 aliphatic heterocycles. The normalized spacial score (nSPS) is 11.5. The Kier molecular flexibility index (Phi) is 3.94. The Morgan fingerprint density at radius 3 is 2.82 bits per heavy atom. The SMILES string of the molecule is CCC(CC)CSc1nc2cc(N)ccc2o1. The molecule has 2 rings (SSSR count). The standard InChI is InChI=1S/C13H18N2OS/c1-3-9(4-2)8-17-13-15-11-7-10(14)5-6-12(11)16-13/h5-7,9H,3-4,8,14H2,1-2H3. The number of hydrogen-bond donors (Lipinski definition) is 1. The van der Waals surface area contributed by atoms with E-state index in [1.807, 2.05) is 18.2 Å². The molecule has 2 N–H and O–H groups in total. The molecule has 0 spiro atoms. The fraction of sp³-hybridized carbons (Fsp3) is 0.462. The van der Waals surface area contributed by atoms with Crippen LogP contribution >= 0.6 is 11.8 Å². The summed E-state index contributed by atoms with van der Waals surface area (Å²) in [6.07, 6.45) is 2.41. The van der Waals surface area contributed by atoms with Gasteiger partial charge in [0, 0.05) is 11.4 Å². The van der Waals surface area contributed by atoms with E-state index in [2.05, 4.69) is 18.8 Å². The Labute approximate surface area is 106 Å². The minimum atomic E-state index is 0.724. The van der Waals surface area contributed by atoms with E-state index >= 15 is 0 Å². The summed E-state index contributed by atoms with van der Waals surface area (Å²) in [5.41, 5.74) is 8.09. The third-order valence-electron chi connectivity index (χ3n) is 2.99. The molecule has 1 aromatic carbocycles. The van der Waals surface area contributed by atoms with Crippen LogP contribution in [0.1, 0.15) is 26.7 Å². The Morgan fingerprint density at radius 2 is 2.12 bits per heavy atom. The summed E-state index contributed by atoms with van der Waals surface area (Å²) in [7, 11) is 0. The number of benzene rings is 1. The highest BCUT2D eigenvalue weighted by atomic mass is 32.2. The number of fused-ring (bicyclic) bond motifs is 1. The number of nitrogen functional groups attached to an aromatic ring is 1. The number of aromatic nitrogens is 1. The molecule has 1 heterocycles. The van der Waals surface area contributed by atoms with Gasteiger partial charge in [-0.3, -0.25) is 0 Å². The second-order valence-corrected chi connectivity index (χ2v) is 5.17. The summed E-state index contributed by atoms with van der Waals surface area (Å²) >= 11 is 1.69. The summed E-state index contributed by atoms with van der Waals surface area (Å²) in [6, 6.07) is 5.56. The molecule has 0 atom stereocenters. The van der Waals surface area contributed by atoms with Crippen molar-refractivity contribution in [1.82, 2.24) is 4.98 Å². The van der Waals surface area contributed by atoms with Crippen LogP contribution in [-0.2, 0) is 0 Å². The van der Waals surface area contributed by atoms with Gasteiger partial charge in [0.05, 0.1) is 0 Å². The van der Waals surface area contributed by atoms with Crippen LogP contribution in [0, 0.1) is 5.92 Å². The molecule has 0 bridgehead atoms. The molecule has 92 valence electrons. The number of thioether (sulfide) groups is 1. The molecule has 0 saturated heterocycles. The van der Waals surface area contributed by atoms with Gasteiger partial charge in [0.2, 0.25) is 0 Å². The summed E-state index contributed by atoms with van der Waals surface area (Å²) in [4.78, 5) is 4.43. The molecule has 0 aliphatic carbocycles. The zero-order valence-electron chi connectivity index (χ0n) is 10.3. The van der Waals surface area contributed by atoms with Gasteiger partial charge in [-0.25, -0.2) is 4.98 Å². The van der Waals surface area contributed by atoms with Crippen LogP contribution in [0.4, 0.5) is 5.69 Å². The molecule has 0 radical (unpaired) electrons. The van der Waals surface area contributed by atoms with Gasteiger partial charge in [-0.05, 0) is 24.1 Å². The molecule has 0 unspecified atom stereocenters. The third kappa shape index (κ3) is 2.94. The molecule has 1 aromatic heterocycles. The van der Waals surface area contributed by atoms with Crippen molar-refractivity contribution in [2.24, 2.45) is 5.92 Å². The molecular weight excluding hydrogens is 232 g/mol. The average Bonchev–Trinajstić information content (AvgIpc) is 2.72. The predicted molar refractivity (Wildman–Crippen MR) is 73.2 cm³/mol. The Hall–Kier alpha value is -1.16. The van der Waals surface area contributed by atoms with Crippen LogP contribution in [0.25, 0.3) is 11.1 Å². The van der Waals surface area contributed by atoms with E-state index in [0.29, 0.717) is 0 Å². The summed E-state index contributed by atoms with van der Waals surface area (Å²) in [5, 5.41) is 0.748. The molecular formula is C13H18N2OS. The number of rotatable bonds is 5. The lowest BCUT2D eigenvalue weighted by Gasteiger charge is -2.08. The number of nitrogens with two attached hydrogens (primary N) is 1. The van der Waals surface area contributed by atoms with E-state index < -0.39 is 0 Å². The zero-order valence-corrected chi connectivity index (χ0v) is 11.1. The van der Waals surface area contributed by atoms with Crippen LogP contribution in [0.2, 0.25) is 0 Å². The van der Waals surface area contributed by atoms with Crippen molar-refractivity contribution in [3.63, 3.8) is 0 Å². The first-order chi connectivity index (χ1) is 8.22. The van der Waals surface area contributed by atoms with Gasteiger partial charge in [0.1, 0.15) is 5.52 Å². The fourth-order valence-electron chi connectivity index (χ4n) is 1.70. The van der Waals surface area contributed by atoms with Crippen LogP contribution in [0.3, 0.4) is 0 Å². The highest BCUT2D eigenvalue weighted by molar-refractivity contribution is 7.99. The number of nitrogens with zero attached hydrogens (tertiary/aromatic N) is 1. The highest BCUT2D eigenvalue weighted by Gasteiger charge is 2.09. The van der Waals surface area contributed by atoms with Gasteiger partial charge >= 0.3 is 0 Å². The molecule has 17 heavy (non-hydrogen) atoms. The maximum atomic E-state index is 5.71. The maximum Gasteiger partial charge on any atom is 0.256 e. The van der Waals surface area contributed by atoms with Crippen LogP contribution in [0.15, 0.2) is 27.8 Å². The van der Waals surface area contributed by atoms with Crippen molar-refractivity contribution >= 4 is 28.5 Å². The van der Waals surface area contributed by atoms with Gasteiger partial charge in [0.15, 0.2) is 5.58 Å². The van der Waals surface area contributed by atoms with Crippen molar-refractivity contribution in [3.05, 3.63) is 18.2 Å². The van der Waals surface area contributed by atoms with E-state index in [0.717, 1.165) is 33.7 Å². The van der Waals surface area contributed by atoms with Crippen LogP contribution in [0.5, 0.6) is 0 Å². The fourth-order valence-corrected chi connectivity index (χ4v) is 2.86. The maximum absolute atomic E-state index is 5.71. The Bertz CT molecular complexity index is 491. The quantitative estimate of drug-likeness (QED) is 0.645. The lowest BCUT2D eigenvalue weighted by atomic mass is 10.1. The molecule has 0 amide bonds. The minimum absolute atomic E-state index is 0.724. The van der Waals surface area contributed by atoms with Gasteiger partial charge in [-0.15, -0.1) is 0 Å². The van der Waals surface area contributed by atoms with E-state index in [1.165, 1.54) is 12.8 Å². The average molecular weight is 250 g/mol. The first kappa shape index (κ1) is 12.3. The van der Waals surface area contributed by atoms with Crippen molar-refractivity contribution in [3.8, 4) is 0 Å². The molecule has 0 fully saturated rings. The monoisotopic (exact) mass is 250 g/mol. The molecule has 0 aliphatic rings. The van der Waals surface area contributed by atoms with Crippen molar-refractivity contribution < 1.29 is 4.42 Å². The largest absolute Gasteiger partial charge is 0.431 e. The first-order valence-electron chi connectivity index (χ1n) is 6.01. The third-order valence-corrected chi connectivity index (χ3v) is 4.05. The van der Waals surface area contributed by atoms with Crippen molar-refractivity contribution in [2.45, 2.75) is 31.9 Å². The van der Waals surface area contributed by atoms with Crippen molar-refractivity contribution in [2.75, 3.05) is 11.5 Å². The lowest BCUT2D eigenvalue weighted by Crippen LogP contribution is -1.99. The van der Waals surface area contributed by atoms with Gasteiger partial charge < -0.3 is 10.2 Å². The van der Waals surface area contributed by atoms with E-state index in [9.17, 15) is 0 Å². The molecule has 3 nitrogen and oxygen atoms in total. The molecule has 2 aromatic rings. The lowest BCUT2D eigenvalue weighted by molar-refractivity contribution is 0.485. The van der Waals surface area contributed by atoms with Crippen molar-refractivity contribution in [1.29, 1.82) is 0 Å². The number of oxazole rings is 1. The van der Waals surface area contributed by atoms with Gasteiger partial charge in [0.25, 0.3) is 5.22 Å². The molecule has 4 heteroatoms. The zero-order chi connectivity index (χ0) is 12.3. The van der Waals surface area contributed by atoms with E-state index in [-0.39, 0.29) is 0 Å². The summed E-state index contributed by atoms with van der Waals surface area (Å²) < 4.78 is 5.66. The Balaban J connectivity index is 2.09. The number of anilines is 1. The summed E-state index contributed by atoms with van der Waals surface area (Å²) in [6.45, 7) is 4.45. The topological polar surface area (TPSA) is 52.0 Å². The van der Waals surface area contributed by atoms with Gasteiger partial charge in [-0.2, -0.15) is 0 Å². The van der Waals surface area contributed by atoms with E-state index in [4.69, 9.17) is 10.2 Å². The number of hydrogen-bond acceptors (Lipinski definition) is 4. The first-order valence-corrected chi connectivity index (χ1v) is 7.00. The highest BCUT2D eigenvalue weighted by Crippen LogP contribution is 2.27. The second kappa shape index (κ2) is 5.45. The van der Waals surface area contributed by atoms with Crippen LogP contribution in [-0.4, -0.2) is 10.7 Å². The van der Waals surface area contributed by atoms with Gasteiger partial charge in [-0.1, -0.05) is 38.5 Å². The second-order valence-electron chi connectivity index (χ2n) is 4.20. The summed E-state index contributed by atoms with van der Waals surface area (Å²) in [5.74, 6) is 1.80. The van der Waals surface area contributed by atoms with E-state index in [1.54, 1.807) is 11.8 Å². The van der Waals surface area contributed by atoms with Crippen LogP contribution < -0.4 is 5.73 Å². The minimum Gasteiger partial charge on any atom is -0.431 e. The Morgan fingerprint density at radius 1 is 1.35 bits per heavy atom. The smallest absolute Gasteiger partial charge is 0.256 e. The predicted octanol–water partition coefficient (Wildman–Crippen LogP) is 3.94.